The molecule has 24 heavy (non-hydrogen) atoms. The molecule has 0 saturated carbocycles. The van der Waals surface area contributed by atoms with Crippen molar-refractivity contribution in [2.45, 2.75) is 18.4 Å². The second-order valence-electron chi connectivity index (χ2n) is 6.78. The quantitative estimate of drug-likeness (QED) is 0.876. The molecule has 1 fully saturated rings. The van der Waals surface area contributed by atoms with Crippen molar-refractivity contribution in [2.24, 2.45) is 0 Å². The number of β-amino-alcohol motifs (C(OH)–C–C–N with tert-alkyl or cyclic N) is 1. The van der Waals surface area contributed by atoms with Crippen LogP contribution in [0, 0.1) is 0 Å². The van der Waals surface area contributed by atoms with Gasteiger partial charge in [-0.15, -0.1) is 0 Å². The Hall–Kier alpha value is -2.12. The van der Waals surface area contributed by atoms with Crippen LogP contribution in [-0.2, 0) is 0 Å². The van der Waals surface area contributed by atoms with E-state index in [2.05, 4.69) is 10.2 Å². The van der Waals surface area contributed by atoms with Gasteiger partial charge in [0.15, 0.2) is 5.69 Å². The Morgan fingerprint density at radius 3 is 3.00 bits per heavy atom. The Kier molecular flexibility index (Phi) is 4.47. The van der Waals surface area contributed by atoms with Crippen molar-refractivity contribution in [1.82, 2.24) is 20.0 Å². The maximum absolute atomic E-state index is 12.9. The number of benzene rings is 1. The standard InChI is InChI=1S/C17H24N4O3/c1-20(2)10-17(23)7-4-8-21(11-17)16(22)15-13-9-12(24-3)5-6-14(13)18-19-15/h5-6,9,23H,4,7-8,10-11H2,1-3H3,(H,18,19). The lowest BCUT2D eigenvalue weighted by molar-refractivity contribution is -0.0392. The zero-order chi connectivity index (χ0) is 17.3. The second-order valence-corrected chi connectivity index (χ2v) is 6.78. The van der Waals surface area contributed by atoms with Gasteiger partial charge >= 0.3 is 0 Å². The third-order valence-electron chi connectivity index (χ3n) is 4.43. The van der Waals surface area contributed by atoms with Crippen LogP contribution in [0.25, 0.3) is 10.9 Å². The summed E-state index contributed by atoms with van der Waals surface area (Å²) in [5.74, 6) is 0.520. The average molecular weight is 332 g/mol. The lowest BCUT2D eigenvalue weighted by Gasteiger charge is -2.40. The molecule has 0 bridgehead atoms. The number of rotatable bonds is 4. The Morgan fingerprint density at radius 2 is 2.29 bits per heavy atom. The zero-order valence-electron chi connectivity index (χ0n) is 14.4. The number of amides is 1. The van der Waals surface area contributed by atoms with Crippen LogP contribution in [0.4, 0.5) is 0 Å². The van der Waals surface area contributed by atoms with E-state index in [1.165, 1.54) is 0 Å². The molecule has 7 heteroatoms. The number of aromatic nitrogens is 2. The summed E-state index contributed by atoms with van der Waals surface area (Å²) >= 11 is 0. The molecule has 130 valence electrons. The number of nitrogens with one attached hydrogen (secondary N) is 1. The van der Waals surface area contributed by atoms with Crippen molar-refractivity contribution in [3.63, 3.8) is 0 Å². The topological polar surface area (TPSA) is 81.7 Å². The molecule has 0 radical (unpaired) electrons. The van der Waals surface area contributed by atoms with E-state index in [0.29, 0.717) is 37.5 Å². The predicted molar refractivity (Wildman–Crippen MR) is 91.3 cm³/mol. The number of carbonyl (C=O) groups excluding carboxylic acids is 1. The minimum atomic E-state index is -0.874. The molecule has 1 aromatic carbocycles. The maximum Gasteiger partial charge on any atom is 0.275 e. The van der Waals surface area contributed by atoms with Crippen LogP contribution in [-0.4, -0.2) is 77.5 Å². The van der Waals surface area contributed by atoms with Gasteiger partial charge in [0.05, 0.1) is 24.8 Å². The Labute approximate surface area is 141 Å². The van der Waals surface area contributed by atoms with Crippen LogP contribution >= 0.6 is 0 Å². The Balaban J connectivity index is 1.86. The summed E-state index contributed by atoms with van der Waals surface area (Å²) in [6.07, 6.45) is 1.48. The van der Waals surface area contributed by atoms with Crippen LogP contribution in [0.3, 0.4) is 0 Å². The highest BCUT2D eigenvalue weighted by Gasteiger charge is 2.36. The van der Waals surface area contributed by atoms with E-state index in [4.69, 9.17) is 4.74 Å². The highest BCUT2D eigenvalue weighted by Crippen LogP contribution is 2.26. The number of carbonyl (C=O) groups is 1. The first-order valence-electron chi connectivity index (χ1n) is 8.10. The third kappa shape index (κ3) is 3.22. The molecule has 1 saturated heterocycles. The monoisotopic (exact) mass is 332 g/mol. The van der Waals surface area contributed by atoms with Crippen LogP contribution in [0.1, 0.15) is 23.3 Å². The molecular weight excluding hydrogens is 308 g/mol. The van der Waals surface area contributed by atoms with E-state index in [-0.39, 0.29) is 5.91 Å². The number of hydrogen-bond acceptors (Lipinski definition) is 5. The number of ether oxygens (including phenoxy) is 1. The van der Waals surface area contributed by atoms with Gasteiger partial charge in [-0.1, -0.05) is 0 Å². The van der Waals surface area contributed by atoms with Gasteiger partial charge in [-0.2, -0.15) is 5.10 Å². The maximum atomic E-state index is 12.9. The number of H-pyrrole nitrogens is 1. The first-order valence-corrected chi connectivity index (χ1v) is 8.10. The number of hydrogen-bond donors (Lipinski definition) is 2. The van der Waals surface area contributed by atoms with Crippen molar-refractivity contribution >= 4 is 16.8 Å². The normalized spacial score (nSPS) is 21.5. The fourth-order valence-electron chi connectivity index (χ4n) is 3.44. The largest absolute Gasteiger partial charge is 0.497 e. The lowest BCUT2D eigenvalue weighted by Crippen LogP contribution is -2.54. The lowest BCUT2D eigenvalue weighted by atomic mass is 9.92. The average Bonchev–Trinajstić information content (AvgIpc) is 2.95. The molecule has 1 aliphatic heterocycles. The molecule has 1 aromatic heterocycles. The number of likely N-dealkylation sites (N-methyl/N-ethyl adjacent to an activating group) is 1. The number of piperidine rings is 1. The molecule has 2 N–H and O–H groups in total. The molecule has 1 atom stereocenters. The van der Waals surface area contributed by atoms with E-state index in [1.54, 1.807) is 12.0 Å². The number of methoxy groups -OCH3 is 1. The van der Waals surface area contributed by atoms with E-state index < -0.39 is 5.60 Å². The summed E-state index contributed by atoms with van der Waals surface area (Å²) < 4.78 is 5.24. The minimum absolute atomic E-state index is 0.161. The van der Waals surface area contributed by atoms with Gasteiger partial charge < -0.3 is 19.6 Å². The van der Waals surface area contributed by atoms with Crippen LogP contribution < -0.4 is 4.74 Å². The highest BCUT2D eigenvalue weighted by atomic mass is 16.5. The molecule has 7 nitrogen and oxygen atoms in total. The van der Waals surface area contributed by atoms with Crippen LogP contribution in [0.2, 0.25) is 0 Å². The molecule has 1 unspecified atom stereocenters. The smallest absolute Gasteiger partial charge is 0.275 e. The predicted octanol–water partition coefficient (Wildman–Crippen LogP) is 1.10. The molecule has 3 rings (SSSR count). The van der Waals surface area contributed by atoms with E-state index in [9.17, 15) is 9.90 Å². The second kappa shape index (κ2) is 6.41. The van der Waals surface area contributed by atoms with Crippen LogP contribution in [0.5, 0.6) is 5.75 Å². The molecule has 0 spiro atoms. The number of fused-ring (bicyclic) bond motifs is 1. The van der Waals surface area contributed by atoms with Crippen molar-refractivity contribution in [3.8, 4) is 5.75 Å². The highest BCUT2D eigenvalue weighted by molar-refractivity contribution is 6.05. The van der Waals surface area contributed by atoms with Gasteiger partial charge in [0.2, 0.25) is 0 Å². The summed E-state index contributed by atoms with van der Waals surface area (Å²) in [6.45, 7) is 1.49. The number of nitrogens with zero attached hydrogens (tertiary/aromatic N) is 3. The fourth-order valence-corrected chi connectivity index (χ4v) is 3.44. The SMILES string of the molecule is COc1ccc2[nH]nc(C(=O)N3CCCC(O)(CN(C)C)C3)c2c1. The molecular formula is C17H24N4O3. The number of aromatic amines is 1. The van der Waals surface area contributed by atoms with Gasteiger partial charge in [0.1, 0.15) is 5.75 Å². The summed E-state index contributed by atoms with van der Waals surface area (Å²) in [5, 5.41) is 18.6. The van der Waals surface area contributed by atoms with Crippen molar-refractivity contribution in [2.75, 3.05) is 40.8 Å². The third-order valence-corrected chi connectivity index (χ3v) is 4.43. The summed E-state index contributed by atoms with van der Waals surface area (Å²) in [5.41, 5.74) is 0.291. The molecule has 2 aromatic rings. The van der Waals surface area contributed by atoms with Gasteiger partial charge in [0, 0.05) is 18.5 Å². The number of aliphatic hydroxyl groups is 1. The van der Waals surface area contributed by atoms with Gasteiger partial charge in [-0.05, 0) is 45.1 Å². The van der Waals surface area contributed by atoms with Crippen molar-refractivity contribution < 1.29 is 14.6 Å². The Morgan fingerprint density at radius 1 is 1.50 bits per heavy atom. The first kappa shape index (κ1) is 16.7. The van der Waals surface area contributed by atoms with Crippen molar-refractivity contribution in [1.29, 1.82) is 0 Å². The Bertz CT molecular complexity index is 743. The van der Waals surface area contributed by atoms with E-state index in [1.807, 2.05) is 37.2 Å². The van der Waals surface area contributed by atoms with Crippen LogP contribution in [0.15, 0.2) is 18.2 Å². The zero-order valence-corrected chi connectivity index (χ0v) is 14.4. The molecule has 1 amide bonds. The van der Waals surface area contributed by atoms with Crippen molar-refractivity contribution in [3.05, 3.63) is 23.9 Å². The number of likely N-dealkylation sites (tertiary alicyclic amines) is 1. The van der Waals surface area contributed by atoms with Gasteiger partial charge in [-0.25, -0.2) is 0 Å². The summed E-state index contributed by atoms with van der Waals surface area (Å²) in [4.78, 5) is 16.6. The molecule has 2 heterocycles. The summed E-state index contributed by atoms with van der Waals surface area (Å²) in [6, 6.07) is 5.48. The summed E-state index contributed by atoms with van der Waals surface area (Å²) in [7, 11) is 5.44. The van der Waals surface area contributed by atoms with E-state index in [0.717, 1.165) is 17.3 Å². The fraction of sp³-hybridized carbons (Fsp3) is 0.529. The van der Waals surface area contributed by atoms with Gasteiger partial charge in [-0.3, -0.25) is 9.89 Å². The molecule has 0 aliphatic carbocycles. The minimum Gasteiger partial charge on any atom is -0.497 e. The van der Waals surface area contributed by atoms with E-state index >= 15 is 0 Å². The molecule has 1 aliphatic rings. The first-order chi connectivity index (χ1) is 11.4. The van der Waals surface area contributed by atoms with Gasteiger partial charge in [0.25, 0.3) is 5.91 Å².